The Kier molecular flexibility index (Phi) is 2.55. The number of hydrogen-bond donors (Lipinski definition) is 1. The number of hydrogen-bond acceptors (Lipinski definition) is 2. The van der Waals surface area contributed by atoms with E-state index in [9.17, 15) is 4.79 Å². The zero-order chi connectivity index (χ0) is 9.19. The van der Waals surface area contributed by atoms with E-state index in [2.05, 4.69) is 0 Å². The van der Waals surface area contributed by atoms with Gasteiger partial charge in [0.1, 0.15) is 0 Å². The summed E-state index contributed by atoms with van der Waals surface area (Å²) < 4.78 is 4.90. The molecule has 1 N–H and O–H groups in total. The minimum Gasteiger partial charge on any atom is -0.478 e. The molecule has 0 radical (unpaired) electrons. The van der Waals surface area contributed by atoms with Crippen molar-refractivity contribution in [3.63, 3.8) is 0 Å². The van der Waals surface area contributed by atoms with Crippen LogP contribution < -0.4 is 0 Å². The van der Waals surface area contributed by atoms with Gasteiger partial charge < -0.3 is 9.84 Å². The first-order valence-electron chi connectivity index (χ1n) is 3.44. The number of methoxy groups -OCH3 is 1. The second-order valence-electron chi connectivity index (χ2n) is 2.48. The first-order chi connectivity index (χ1) is 5.57. The molecule has 1 aliphatic carbocycles. The zero-order valence-corrected chi connectivity index (χ0v) is 7.34. The molecule has 1 aliphatic rings. The lowest BCUT2D eigenvalue weighted by Gasteiger charge is -2.21. The summed E-state index contributed by atoms with van der Waals surface area (Å²) in [4.78, 5) is 10.5. The lowest BCUT2D eigenvalue weighted by atomic mass is 10.0. The smallest absolute Gasteiger partial charge is 0.331 e. The fraction of sp³-hybridized carbons (Fsp3) is 0.375. The highest BCUT2D eigenvalue weighted by Gasteiger charge is 2.25. The summed E-state index contributed by atoms with van der Waals surface area (Å²) in [5.41, 5.74) is 0.259. The molecule has 0 spiro atoms. The third-order valence-electron chi connectivity index (χ3n) is 1.64. The molecule has 3 nitrogen and oxygen atoms in total. The highest BCUT2D eigenvalue weighted by molar-refractivity contribution is 6.26. The van der Waals surface area contributed by atoms with Crippen molar-refractivity contribution < 1.29 is 14.6 Å². The maximum Gasteiger partial charge on any atom is 0.331 e. The van der Waals surface area contributed by atoms with Crippen molar-refractivity contribution in [2.24, 2.45) is 0 Å². The highest BCUT2D eigenvalue weighted by Crippen LogP contribution is 2.27. The molecule has 0 aromatic carbocycles. The van der Waals surface area contributed by atoms with E-state index in [0.717, 1.165) is 0 Å². The molecule has 66 valence electrons. The molecule has 1 atom stereocenters. The maximum atomic E-state index is 10.5. The van der Waals surface area contributed by atoms with Gasteiger partial charge in [-0.05, 0) is 18.6 Å². The summed E-state index contributed by atoms with van der Waals surface area (Å²) in [6, 6.07) is 0. The molecule has 0 saturated heterocycles. The van der Waals surface area contributed by atoms with Crippen molar-refractivity contribution in [1.82, 2.24) is 0 Å². The van der Waals surface area contributed by atoms with E-state index < -0.39 is 11.0 Å². The minimum absolute atomic E-state index is 0.259. The van der Waals surface area contributed by atoms with Gasteiger partial charge in [0.2, 0.25) is 0 Å². The fourth-order valence-corrected chi connectivity index (χ4v) is 1.19. The lowest BCUT2D eigenvalue weighted by molar-refractivity contribution is -0.132. The van der Waals surface area contributed by atoms with E-state index in [4.69, 9.17) is 21.4 Å². The third-order valence-corrected chi connectivity index (χ3v) is 2.03. The number of alkyl halides is 1. The van der Waals surface area contributed by atoms with Gasteiger partial charge in [-0.1, -0.05) is 17.7 Å². The summed E-state index contributed by atoms with van der Waals surface area (Å²) >= 11 is 5.85. The minimum atomic E-state index is -1.08. The largest absolute Gasteiger partial charge is 0.478 e. The topological polar surface area (TPSA) is 46.5 Å². The molecule has 4 heteroatoms. The van der Waals surface area contributed by atoms with E-state index in [1.54, 1.807) is 12.2 Å². The van der Waals surface area contributed by atoms with Crippen LogP contribution in [0.15, 0.2) is 23.8 Å². The Morgan fingerprint density at radius 2 is 2.50 bits per heavy atom. The van der Waals surface area contributed by atoms with E-state index in [1.165, 1.54) is 13.2 Å². The fourth-order valence-electron chi connectivity index (χ4n) is 0.967. The van der Waals surface area contributed by atoms with Crippen LogP contribution in [-0.2, 0) is 9.53 Å². The molecule has 0 heterocycles. The van der Waals surface area contributed by atoms with Crippen molar-refractivity contribution in [2.75, 3.05) is 7.11 Å². The van der Waals surface area contributed by atoms with Crippen LogP contribution in [0.2, 0.25) is 0 Å². The third kappa shape index (κ3) is 1.87. The lowest BCUT2D eigenvalue weighted by Crippen LogP contribution is -2.22. The van der Waals surface area contributed by atoms with Crippen LogP contribution in [0, 0.1) is 0 Å². The highest BCUT2D eigenvalue weighted by atomic mass is 35.5. The van der Waals surface area contributed by atoms with Crippen LogP contribution in [0.4, 0.5) is 0 Å². The monoisotopic (exact) mass is 188 g/mol. The number of rotatable bonds is 2. The number of ether oxygens (including phenoxy) is 1. The quantitative estimate of drug-likeness (QED) is 0.528. The van der Waals surface area contributed by atoms with Crippen molar-refractivity contribution in [1.29, 1.82) is 0 Å². The van der Waals surface area contributed by atoms with E-state index >= 15 is 0 Å². The Morgan fingerprint density at radius 1 is 1.83 bits per heavy atom. The van der Waals surface area contributed by atoms with Gasteiger partial charge in [0.05, 0.1) is 0 Å². The number of aliphatic carboxylic acids is 1. The molecule has 0 aromatic heterocycles. The Morgan fingerprint density at radius 3 is 3.00 bits per heavy atom. The normalized spacial score (nSPS) is 28.3. The second-order valence-corrected chi connectivity index (χ2v) is 3.07. The Labute approximate surface area is 75.3 Å². The molecule has 0 fully saturated rings. The summed E-state index contributed by atoms with van der Waals surface area (Å²) in [6.07, 6.45) is 5.10. The molecule has 0 saturated carbocycles. The Balaban J connectivity index is 2.88. The van der Waals surface area contributed by atoms with Crippen LogP contribution in [0.1, 0.15) is 6.42 Å². The van der Waals surface area contributed by atoms with Crippen LogP contribution in [0.5, 0.6) is 0 Å². The van der Waals surface area contributed by atoms with Crippen molar-refractivity contribution >= 4 is 17.6 Å². The number of allylic oxidation sites excluding steroid dienone is 1. The van der Waals surface area contributed by atoms with Gasteiger partial charge in [-0.25, -0.2) is 4.79 Å². The van der Waals surface area contributed by atoms with E-state index in [1.807, 2.05) is 0 Å². The Hall–Kier alpha value is -0.800. The zero-order valence-electron chi connectivity index (χ0n) is 6.58. The number of carbonyl (C=O) groups is 1. The molecule has 0 amide bonds. The van der Waals surface area contributed by atoms with Gasteiger partial charge in [-0.3, -0.25) is 0 Å². The first kappa shape index (κ1) is 9.29. The molecule has 0 bridgehead atoms. The van der Waals surface area contributed by atoms with Gasteiger partial charge in [0.15, 0.2) is 5.06 Å². The van der Waals surface area contributed by atoms with Gasteiger partial charge in [0.25, 0.3) is 0 Å². The first-order valence-corrected chi connectivity index (χ1v) is 3.82. The number of carboxylic acids is 1. The van der Waals surface area contributed by atoms with Crippen molar-refractivity contribution in [2.45, 2.75) is 11.5 Å². The van der Waals surface area contributed by atoms with Gasteiger partial charge in [-0.2, -0.15) is 0 Å². The van der Waals surface area contributed by atoms with Crippen LogP contribution in [-0.4, -0.2) is 23.2 Å². The Bertz CT molecular complexity index is 257. The average Bonchev–Trinajstić information content (AvgIpc) is 2.05. The van der Waals surface area contributed by atoms with Crippen molar-refractivity contribution in [3.05, 3.63) is 23.8 Å². The molecular formula is C8H9ClO3. The van der Waals surface area contributed by atoms with Crippen LogP contribution in [0.25, 0.3) is 0 Å². The van der Waals surface area contributed by atoms with Gasteiger partial charge in [-0.15, -0.1) is 0 Å². The number of carboxylic acid groups (broad SMARTS) is 1. The summed E-state index contributed by atoms with van der Waals surface area (Å²) in [6.45, 7) is 0. The summed E-state index contributed by atoms with van der Waals surface area (Å²) in [7, 11) is 1.43. The summed E-state index contributed by atoms with van der Waals surface area (Å²) in [5, 5.41) is 7.57. The van der Waals surface area contributed by atoms with Gasteiger partial charge in [0, 0.05) is 12.7 Å². The van der Waals surface area contributed by atoms with Gasteiger partial charge >= 0.3 is 5.97 Å². The predicted molar refractivity (Wildman–Crippen MR) is 45.1 cm³/mol. The standard InChI is InChI=1S/C8H9ClO3/c1-12-8(9)4-2-3-6(5-8)7(10)11/h2,4-5H,3H2,1H3,(H,10,11). The summed E-state index contributed by atoms with van der Waals surface area (Å²) in [5.74, 6) is -0.957. The second kappa shape index (κ2) is 3.29. The van der Waals surface area contributed by atoms with Crippen LogP contribution >= 0.6 is 11.6 Å². The SMILES string of the molecule is COC1(Cl)C=CCC(C(=O)O)=C1. The predicted octanol–water partition coefficient (Wildman–Crippen LogP) is 1.54. The average molecular weight is 189 g/mol. The molecule has 0 aliphatic heterocycles. The van der Waals surface area contributed by atoms with Crippen LogP contribution in [0.3, 0.4) is 0 Å². The molecule has 1 rings (SSSR count). The van der Waals surface area contributed by atoms with E-state index in [0.29, 0.717) is 6.42 Å². The van der Waals surface area contributed by atoms with E-state index in [-0.39, 0.29) is 5.57 Å². The molecular weight excluding hydrogens is 180 g/mol. The molecule has 0 aromatic rings. The van der Waals surface area contributed by atoms with Crippen molar-refractivity contribution in [3.8, 4) is 0 Å². The maximum absolute atomic E-state index is 10.5. The number of halogens is 1. The molecule has 1 unspecified atom stereocenters. The molecule has 12 heavy (non-hydrogen) atoms.